The highest BCUT2D eigenvalue weighted by molar-refractivity contribution is 5.74. The van der Waals surface area contributed by atoms with Crippen molar-refractivity contribution in [2.45, 2.75) is 99.0 Å². The second-order valence-corrected chi connectivity index (χ2v) is 8.48. The third-order valence-electron chi connectivity index (χ3n) is 6.23. The van der Waals surface area contributed by atoms with Crippen LogP contribution in [0.5, 0.6) is 0 Å². The van der Waals surface area contributed by atoms with Crippen LogP contribution < -0.4 is 0 Å². The second kappa shape index (κ2) is 9.49. The molecule has 0 aromatic carbocycles. The van der Waals surface area contributed by atoms with Gasteiger partial charge in [0, 0.05) is 0 Å². The van der Waals surface area contributed by atoms with Crippen molar-refractivity contribution in [1.29, 1.82) is 0 Å². The fourth-order valence-corrected chi connectivity index (χ4v) is 4.32. The Bertz CT molecular complexity index is 779. The maximum absolute atomic E-state index is 11.6. The van der Waals surface area contributed by atoms with E-state index < -0.39 is 104 Å². The van der Waals surface area contributed by atoms with Gasteiger partial charge in [-0.2, -0.15) is 0 Å². The van der Waals surface area contributed by atoms with Gasteiger partial charge in [-0.25, -0.2) is 9.59 Å². The maximum atomic E-state index is 11.6. The number of carbonyl (C=O) groups is 2. The summed E-state index contributed by atoms with van der Waals surface area (Å²) < 4.78 is 32.5. The van der Waals surface area contributed by atoms with Crippen molar-refractivity contribution in [2.24, 2.45) is 0 Å². The van der Waals surface area contributed by atoms with Crippen LogP contribution in [0.25, 0.3) is 0 Å². The van der Waals surface area contributed by atoms with Gasteiger partial charge in [-0.3, -0.25) is 0 Å². The number of hydrogen-bond donors (Lipinski definition) is 8. The van der Waals surface area contributed by atoms with Crippen LogP contribution in [0.3, 0.4) is 0 Å². The molecule has 4 heterocycles. The second-order valence-electron chi connectivity index (χ2n) is 8.48. The summed E-state index contributed by atoms with van der Waals surface area (Å²) in [5, 5.41) is 79.7. The minimum absolute atomic E-state index is 0.895. The number of carboxylic acids is 2. The summed E-state index contributed by atoms with van der Waals surface area (Å²) in [6, 6.07) is 0. The molecule has 4 fully saturated rings. The van der Waals surface area contributed by atoms with Gasteiger partial charge in [0.2, 0.25) is 0 Å². The number of aliphatic carboxylic acids is 2. The topological polar surface area (TPSA) is 251 Å². The van der Waals surface area contributed by atoms with Crippen LogP contribution in [0.15, 0.2) is 0 Å². The molecule has 0 saturated carbocycles. The summed E-state index contributed by atoms with van der Waals surface area (Å²) in [6.45, 7) is 1.45. The van der Waals surface area contributed by atoms with Gasteiger partial charge in [-0.1, -0.05) is 0 Å². The molecule has 0 radical (unpaired) electrons. The average Bonchev–Trinajstić information content (AvgIpc) is 2.78. The van der Waals surface area contributed by atoms with Crippen LogP contribution in [0, 0.1) is 0 Å². The van der Waals surface area contributed by atoms with E-state index in [0.717, 1.165) is 0 Å². The molecule has 15 unspecified atom stereocenters. The van der Waals surface area contributed by atoms with Gasteiger partial charge in [0.15, 0.2) is 31.1 Å². The number of hydrogen-bond acceptors (Lipinski definition) is 14. The zero-order chi connectivity index (χ0) is 25.1. The van der Waals surface area contributed by atoms with Crippen molar-refractivity contribution in [1.82, 2.24) is 0 Å². The van der Waals surface area contributed by atoms with Crippen LogP contribution in [0.4, 0.5) is 0 Å². The number of aliphatic hydroxyl groups is 6. The Hall–Kier alpha value is -1.54. The Labute approximate surface area is 190 Å². The summed E-state index contributed by atoms with van der Waals surface area (Å²) in [6.07, 6.45) is -25.0. The highest BCUT2D eigenvalue weighted by Gasteiger charge is 2.59. The number of ether oxygens (including phenoxy) is 6. The SMILES string of the molecule is CC1OC2OC3C(OC(C(=O)O)C(O)C3OC3OC(C(=O)O)C(O)C(O)C3O)OC2C(O)C1O. The minimum Gasteiger partial charge on any atom is -0.479 e. The highest BCUT2D eigenvalue weighted by Crippen LogP contribution is 2.38. The van der Waals surface area contributed by atoms with Crippen molar-refractivity contribution in [3.05, 3.63) is 0 Å². The van der Waals surface area contributed by atoms with Gasteiger partial charge in [0.1, 0.15) is 54.9 Å². The summed E-state index contributed by atoms with van der Waals surface area (Å²) in [7, 11) is 0. The van der Waals surface area contributed by atoms with E-state index in [1.807, 2.05) is 0 Å². The van der Waals surface area contributed by atoms with Crippen molar-refractivity contribution < 1.29 is 78.9 Å². The lowest BCUT2D eigenvalue weighted by atomic mass is 9.94. The number of fused-ring (bicyclic) bond motifs is 2. The van der Waals surface area contributed by atoms with Gasteiger partial charge in [0.05, 0.1) is 6.10 Å². The molecule has 4 aliphatic heterocycles. The molecule has 0 aliphatic carbocycles. The lowest BCUT2D eigenvalue weighted by molar-refractivity contribution is -0.436. The molecular weight excluding hydrogens is 472 g/mol. The quantitative estimate of drug-likeness (QED) is 0.180. The first kappa shape index (κ1) is 25.5. The summed E-state index contributed by atoms with van der Waals surface area (Å²) >= 11 is 0. The predicted molar refractivity (Wildman–Crippen MR) is 97.6 cm³/mol. The van der Waals surface area contributed by atoms with Gasteiger partial charge in [-0.05, 0) is 6.92 Å². The summed E-state index contributed by atoms with van der Waals surface area (Å²) in [4.78, 5) is 23.0. The Morgan fingerprint density at radius 2 is 1.18 bits per heavy atom. The van der Waals surface area contributed by atoms with Crippen LogP contribution in [-0.4, -0.2) is 145 Å². The monoisotopic (exact) mass is 498 g/mol. The van der Waals surface area contributed by atoms with E-state index in [2.05, 4.69) is 0 Å². The number of rotatable bonds is 4. The normalized spacial score (nSPS) is 53.4. The van der Waals surface area contributed by atoms with E-state index in [-0.39, 0.29) is 0 Å². The van der Waals surface area contributed by atoms with Gasteiger partial charge >= 0.3 is 11.9 Å². The molecule has 15 atom stereocenters. The highest BCUT2D eigenvalue weighted by atomic mass is 16.8. The van der Waals surface area contributed by atoms with E-state index in [0.29, 0.717) is 0 Å². The molecule has 4 rings (SSSR count). The van der Waals surface area contributed by atoms with Crippen LogP contribution >= 0.6 is 0 Å². The molecule has 34 heavy (non-hydrogen) atoms. The molecule has 4 aliphatic rings. The molecule has 0 amide bonds. The lowest BCUT2D eigenvalue weighted by Crippen LogP contribution is -2.71. The first-order valence-corrected chi connectivity index (χ1v) is 10.4. The van der Waals surface area contributed by atoms with Gasteiger partial charge in [-0.15, -0.1) is 0 Å². The van der Waals surface area contributed by atoms with Crippen LogP contribution in [-0.2, 0) is 38.0 Å². The third-order valence-corrected chi connectivity index (χ3v) is 6.23. The largest absolute Gasteiger partial charge is 0.479 e. The predicted octanol–water partition coefficient (Wildman–Crippen LogP) is -5.32. The first-order chi connectivity index (χ1) is 15.9. The van der Waals surface area contributed by atoms with Gasteiger partial charge in [0.25, 0.3) is 0 Å². The van der Waals surface area contributed by atoms with E-state index in [9.17, 15) is 50.4 Å². The zero-order valence-electron chi connectivity index (χ0n) is 17.5. The summed E-state index contributed by atoms with van der Waals surface area (Å²) in [5.74, 6) is -3.32. The Morgan fingerprint density at radius 1 is 0.618 bits per heavy atom. The van der Waals surface area contributed by atoms with Crippen molar-refractivity contribution >= 4 is 11.9 Å². The molecule has 0 aromatic rings. The molecule has 4 saturated heterocycles. The molecule has 16 nitrogen and oxygen atoms in total. The molecule has 0 bridgehead atoms. The Morgan fingerprint density at radius 3 is 1.79 bits per heavy atom. The third kappa shape index (κ3) is 4.29. The summed E-state index contributed by atoms with van der Waals surface area (Å²) in [5.41, 5.74) is 0. The van der Waals surface area contributed by atoms with E-state index in [1.54, 1.807) is 0 Å². The van der Waals surface area contributed by atoms with E-state index in [4.69, 9.17) is 28.4 Å². The fourth-order valence-electron chi connectivity index (χ4n) is 4.32. The van der Waals surface area contributed by atoms with E-state index >= 15 is 0 Å². The minimum atomic E-state index is -2.02. The van der Waals surface area contributed by atoms with Gasteiger partial charge < -0.3 is 69.3 Å². The maximum Gasteiger partial charge on any atom is 0.335 e. The Kier molecular flexibility index (Phi) is 7.13. The van der Waals surface area contributed by atoms with E-state index in [1.165, 1.54) is 6.92 Å². The van der Waals surface area contributed by atoms with Crippen molar-refractivity contribution in [3.8, 4) is 0 Å². The molecule has 16 heteroatoms. The van der Waals surface area contributed by atoms with Crippen LogP contribution in [0.2, 0.25) is 0 Å². The molecular formula is C18H26O16. The standard InChI is InChI=1S/C18H26O16/c1-2-3(19)5(21)12-17(29-2)34-13-9(8(24)11(15(27)28)32-18(13)33-12)30-16-7(23)4(20)6(22)10(31-16)14(25)26/h2-13,16-24H,1H3,(H,25,26)(H,27,28). The molecule has 0 aromatic heterocycles. The fraction of sp³-hybridized carbons (Fsp3) is 0.889. The number of carboxylic acid groups (broad SMARTS) is 2. The molecule has 194 valence electrons. The molecule has 0 spiro atoms. The van der Waals surface area contributed by atoms with Crippen LogP contribution in [0.1, 0.15) is 6.92 Å². The Balaban J connectivity index is 1.60. The lowest BCUT2D eigenvalue weighted by Gasteiger charge is -2.53. The smallest absolute Gasteiger partial charge is 0.335 e. The first-order valence-electron chi connectivity index (χ1n) is 10.4. The van der Waals surface area contributed by atoms with Crippen molar-refractivity contribution in [2.75, 3.05) is 0 Å². The zero-order valence-corrected chi connectivity index (χ0v) is 17.5. The average molecular weight is 498 g/mol. The number of aliphatic hydroxyl groups excluding tert-OH is 6. The van der Waals surface area contributed by atoms with Crippen molar-refractivity contribution in [3.63, 3.8) is 0 Å². The molecule has 8 N–H and O–H groups in total.